The third kappa shape index (κ3) is 4.21. The van der Waals surface area contributed by atoms with E-state index in [2.05, 4.69) is 10.6 Å². The van der Waals surface area contributed by atoms with Crippen LogP contribution >= 0.6 is 12.2 Å². The number of nitrogens with one attached hydrogen (secondary N) is 2. The monoisotopic (exact) mass is 324 g/mol. The summed E-state index contributed by atoms with van der Waals surface area (Å²) in [6.07, 6.45) is -3.48. The van der Waals surface area contributed by atoms with E-state index in [-0.39, 0.29) is 0 Å². The van der Waals surface area contributed by atoms with Gasteiger partial charge in [-0.05, 0) is 54.5 Å². The highest BCUT2D eigenvalue weighted by atomic mass is 32.1. The second-order valence-corrected chi connectivity index (χ2v) is 5.07. The zero-order chi connectivity index (χ0) is 16.2. The number of rotatable bonds is 3. The van der Waals surface area contributed by atoms with Gasteiger partial charge in [-0.1, -0.05) is 25.1 Å². The third-order valence-electron chi connectivity index (χ3n) is 3.12. The molecule has 0 aromatic heterocycles. The Morgan fingerprint density at radius 1 is 1.00 bits per heavy atom. The standard InChI is InChI=1S/C16H15F3N2S/c1-2-11-5-3-4-6-14(11)21-15(22)20-13-9-7-12(8-10-13)16(17,18)19/h3-10H,2H2,1H3,(H2,20,21,22). The zero-order valence-electron chi connectivity index (χ0n) is 11.9. The number of anilines is 2. The summed E-state index contributed by atoms with van der Waals surface area (Å²) in [6, 6.07) is 12.5. The molecule has 22 heavy (non-hydrogen) atoms. The zero-order valence-corrected chi connectivity index (χ0v) is 12.7. The largest absolute Gasteiger partial charge is 0.416 e. The molecule has 0 atom stereocenters. The molecule has 0 radical (unpaired) electrons. The van der Waals surface area contributed by atoms with Gasteiger partial charge in [-0.2, -0.15) is 13.2 Å². The highest BCUT2D eigenvalue weighted by molar-refractivity contribution is 7.80. The van der Waals surface area contributed by atoms with E-state index in [0.29, 0.717) is 10.8 Å². The van der Waals surface area contributed by atoms with E-state index in [4.69, 9.17) is 12.2 Å². The van der Waals surface area contributed by atoms with Crippen molar-refractivity contribution in [3.63, 3.8) is 0 Å². The van der Waals surface area contributed by atoms with Crippen LogP contribution in [0.15, 0.2) is 48.5 Å². The third-order valence-corrected chi connectivity index (χ3v) is 3.32. The Kier molecular flexibility index (Phi) is 5.03. The molecular formula is C16H15F3N2S. The van der Waals surface area contributed by atoms with E-state index in [9.17, 15) is 13.2 Å². The van der Waals surface area contributed by atoms with Crippen molar-refractivity contribution >= 4 is 28.7 Å². The summed E-state index contributed by atoms with van der Waals surface area (Å²) in [4.78, 5) is 0. The number of benzene rings is 2. The molecule has 2 rings (SSSR count). The lowest BCUT2D eigenvalue weighted by molar-refractivity contribution is -0.137. The summed E-state index contributed by atoms with van der Waals surface area (Å²) in [5, 5.41) is 6.26. The summed E-state index contributed by atoms with van der Waals surface area (Å²) < 4.78 is 37.5. The molecule has 0 saturated heterocycles. The number of hydrogen-bond acceptors (Lipinski definition) is 1. The van der Waals surface area contributed by atoms with Gasteiger partial charge in [0.25, 0.3) is 0 Å². The first-order chi connectivity index (χ1) is 10.4. The van der Waals surface area contributed by atoms with Crippen LogP contribution in [-0.4, -0.2) is 5.11 Å². The number of para-hydroxylation sites is 1. The predicted molar refractivity (Wildman–Crippen MR) is 87.1 cm³/mol. The van der Waals surface area contributed by atoms with Crippen molar-refractivity contribution in [3.8, 4) is 0 Å². The molecule has 6 heteroatoms. The minimum atomic E-state index is -4.34. The van der Waals surface area contributed by atoms with Gasteiger partial charge in [0.1, 0.15) is 0 Å². The Morgan fingerprint density at radius 2 is 1.64 bits per heavy atom. The Hall–Kier alpha value is -2.08. The molecule has 0 saturated carbocycles. The Morgan fingerprint density at radius 3 is 2.23 bits per heavy atom. The Labute approximate surface area is 132 Å². The van der Waals surface area contributed by atoms with Crippen molar-refractivity contribution in [2.75, 3.05) is 10.6 Å². The molecule has 0 bridgehead atoms. The maximum absolute atomic E-state index is 12.5. The van der Waals surface area contributed by atoms with Crippen molar-refractivity contribution in [1.82, 2.24) is 0 Å². The molecule has 0 amide bonds. The van der Waals surface area contributed by atoms with Gasteiger partial charge in [-0.3, -0.25) is 0 Å². The predicted octanol–water partition coefficient (Wildman–Crippen LogP) is 5.08. The number of thiocarbonyl (C=S) groups is 1. The SMILES string of the molecule is CCc1ccccc1NC(=S)Nc1ccc(C(F)(F)F)cc1. The minimum absolute atomic E-state index is 0.334. The Balaban J connectivity index is 2.03. The fourth-order valence-electron chi connectivity index (χ4n) is 1.98. The van der Waals surface area contributed by atoms with E-state index >= 15 is 0 Å². The molecule has 0 spiro atoms. The van der Waals surface area contributed by atoms with Gasteiger partial charge in [-0.15, -0.1) is 0 Å². The maximum atomic E-state index is 12.5. The molecule has 0 aliphatic heterocycles. The molecule has 2 aromatic carbocycles. The molecular weight excluding hydrogens is 309 g/mol. The van der Waals surface area contributed by atoms with E-state index in [0.717, 1.165) is 29.8 Å². The first-order valence-electron chi connectivity index (χ1n) is 6.73. The highest BCUT2D eigenvalue weighted by Crippen LogP contribution is 2.29. The summed E-state index contributed by atoms with van der Waals surface area (Å²) in [7, 11) is 0. The molecule has 116 valence electrons. The average Bonchev–Trinajstić information content (AvgIpc) is 2.47. The van der Waals surface area contributed by atoms with Crippen LogP contribution in [0.2, 0.25) is 0 Å². The van der Waals surface area contributed by atoms with Crippen LogP contribution in [0.1, 0.15) is 18.1 Å². The van der Waals surface area contributed by atoms with Gasteiger partial charge in [0, 0.05) is 11.4 Å². The molecule has 0 unspecified atom stereocenters. The lowest BCUT2D eigenvalue weighted by Gasteiger charge is -2.14. The van der Waals surface area contributed by atoms with Gasteiger partial charge >= 0.3 is 6.18 Å². The quantitative estimate of drug-likeness (QED) is 0.770. The summed E-state index contributed by atoms with van der Waals surface area (Å²) in [5.41, 5.74) is 1.81. The van der Waals surface area contributed by atoms with Crippen LogP contribution in [0, 0.1) is 0 Å². The van der Waals surface area contributed by atoms with Crippen LogP contribution in [-0.2, 0) is 12.6 Å². The summed E-state index contributed by atoms with van der Waals surface area (Å²) >= 11 is 5.19. The van der Waals surface area contributed by atoms with Crippen LogP contribution in [0.5, 0.6) is 0 Å². The Bertz CT molecular complexity index is 651. The molecule has 2 nitrogen and oxygen atoms in total. The van der Waals surface area contributed by atoms with E-state index in [1.807, 2.05) is 31.2 Å². The van der Waals surface area contributed by atoms with Crippen molar-refractivity contribution in [1.29, 1.82) is 0 Å². The first-order valence-corrected chi connectivity index (χ1v) is 7.14. The molecule has 2 aromatic rings. The molecule has 0 aliphatic rings. The van der Waals surface area contributed by atoms with E-state index < -0.39 is 11.7 Å². The van der Waals surface area contributed by atoms with Gasteiger partial charge < -0.3 is 10.6 Å². The van der Waals surface area contributed by atoms with Gasteiger partial charge in [-0.25, -0.2) is 0 Å². The first kappa shape index (κ1) is 16.3. The van der Waals surface area contributed by atoms with Crippen LogP contribution in [0.3, 0.4) is 0 Å². The number of aryl methyl sites for hydroxylation is 1. The smallest absolute Gasteiger partial charge is 0.332 e. The van der Waals surface area contributed by atoms with Gasteiger partial charge in [0.15, 0.2) is 5.11 Å². The second kappa shape index (κ2) is 6.79. The van der Waals surface area contributed by atoms with E-state index in [1.165, 1.54) is 12.1 Å². The minimum Gasteiger partial charge on any atom is -0.332 e. The number of alkyl halides is 3. The van der Waals surface area contributed by atoms with Crippen molar-refractivity contribution in [3.05, 3.63) is 59.7 Å². The molecule has 2 N–H and O–H groups in total. The fourth-order valence-corrected chi connectivity index (χ4v) is 2.21. The summed E-state index contributed by atoms with van der Waals surface area (Å²) in [5.74, 6) is 0. The summed E-state index contributed by atoms with van der Waals surface area (Å²) in [6.45, 7) is 2.03. The van der Waals surface area contributed by atoms with Gasteiger partial charge in [0.2, 0.25) is 0 Å². The van der Waals surface area contributed by atoms with Crippen LogP contribution in [0.25, 0.3) is 0 Å². The number of halogens is 3. The normalized spacial score (nSPS) is 11.1. The van der Waals surface area contributed by atoms with Crippen molar-refractivity contribution < 1.29 is 13.2 Å². The van der Waals surface area contributed by atoms with Crippen molar-refractivity contribution in [2.24, 2.45) is 0 Å². The molecule has 0 heterocycles. The number of hydrogen-bond donors (Lipinski definition) is 2. The van der Waals surface area contributed by atoms with Gasteiger partial charge in [0.05, 0.1) is 5.56 Å². The van der Waals surface area contributed by atoms with Crippen molar-refractivity contribution in [2.45, 2.75) is 19.5 Å². The fraction of sp³-hybridized carbons (Fsp3) is 0.188. The average molecular weight is 324 g/mol. The lowest BCUT2D eigenvalue weighted by atomic mass is 10.1. The second-order valence-electron chi connectivity index (χ2n) is 4.66. The van der Waals surface area contributed by atoms with E-state index in [1.54, 1.807) is 0 Å². The topological polar surface area (TPSA) is 24.1 Å². The molecule has 0 fully saturated rings. The lowest BCUT2D eigenvalue weighted by Crippen LogP contribution is -2.20. The van der Waals surface area contributed by atoms with Crippen LogP contribution in [0.4, 0.5) is 24.5 Å². The highest BCUT2D eigenvalue weighted by Gasteiger charge is 2.29. The van der Waals surface area contributed by atoms with Crippen LogP contribution < -0.4 is 10.6 Å². The molecule has 0 aliphatic carbocycles. The maximum Gasteiger partial charge on any atom is 0.416 e.